The Balaban J connectivity index is 1.84. The molecule has 4 bridgehead atoms. The van der Waals surface area contributed by atoms with Gasteiger partial charge in [0.05, 0.1) is 0 Å². The molecule has 0 heterocycles. The summed E-state index contributed by atoms with van der Waals surface area (Å²) in [6, 6.07) is 0. The van der Waals surface area contributed by atoms with Crippen molar-refractivity contribution in [1.29, 1.82) is 0 Å². The van der Waals surface area contributed by atoms with E-state index in [1.165, 1.54) is 0 Å². The van der Waals surface area contributed by atoms with E-state index in [0.717, 1.165) is 23.7 Å². The lowest BCUT2D eigenvalue weighted by Crippen LogP contribution is -2.10. The Morgan fingerprint density at radius 2 is 1.15 bits per heavy atom. The summed E-state index contributed by atoms with van der Waals surface area (Å²) in [5.41, 5.74) is 0. The predicted octanol–water partition coefficient (Wildman–Crippen LogP) is 4.00. The van der Waals surface area contributed by atoms with Crippen molar-refractivity contribution in [2.45, 2.75) is 57.8 Å². The van der Waals surface area contributed by atoms with Gasteiger partial charge in [-0.3, -0.25) is 0 Å². The quantitative estimate of drug-likeness (QED) is 0.526. The number of rotatable bonds is 0. The maximum atomic E-state index is 1.61. The molecule has 0 spiro atoms. The third-order valence-electron chi connectivity index (χ3n) is 4.98. The van der Waals surface area contributed by atoms with Gasteiger partial charge in [0.2, 0.25) is 0 Å². The van der Waals surface area contributed by atoms with E-state index in [1.54, 1.807) is 57.8 Å². The summed E-state index contributed by atoms with van der Waals surface area (Å²) in [5, 5.41) is 0. The van der Waals surface area contributed by atoms with Gasteiger partial charge in [-0.15, -0.1) is 0 Å². The zero-order chi connectivity index (χ0) is 8.67. The van der Waals surface area contributed by atoms with Crippen molar-refractivity contribution in [1.82, 2.24) is 0 Å². The van der Waals surface area contributed by atoms with Crippen molar-refractivity contribution < 1.29 is 0 Å². The topological polar surface area (TPSA) is 0 Å². The fraction of sp³-hybridized carbons (Fsp3) is 1.00. The fourth-order valence-corrected chi connectivity index (χ4v) is 4.43. The van der Waals surface area contributed by atoms with Crippen molar-refractivity contribution in [2.75, 3.05) is 0 Å². The van der Waals surface area contributed by atoms with Gasteiger partial charge in [-0.25, -0.2) is 0 Å². The first kappa shape index (κ1) is 8.32. The molecule has 74 valence electrons. The Hall–Kier alpha value is 0. The summed E-state index contributed by atoms with van der Waals surface area (Å²) in [6.45, 7) is 0. The van der Waals surface area contributed by atoms with Crippen LogP contribution in [0.2, 0.25) is 0 Å². The minimum absolute atomic E-state index is 1.13. The lowest BCUT2D eigenvalue weighted by Gasteiger charge is -2.23. The van der Waals surface area contributed by atoms with Gasteiger partial charge < -0.3 is 0 Å². The SMILES string of the molecule is C1CC2CCC[C@H]3CC(C2)C[C@H]3C1. The van der Waals surface area contributed by atoms with Crippen LogP contribution in [-0.4, -0.2) is 0 Å². The highest BCUT2D eigenvalue weighted by Crippen LogP contribution is 2.49. The highest BCUT2D eigenvalue weighted by atomic mass is 14.4. The summed E-state index contributed by atoms with van der Waals surface area (Å²) in [7, 11) is 0. The van der Waals surface area contributed by atoms with Crippen molar-refractivity contribution in [3.8, 4) is 0 Å². The van der Waals surface area contributed by atoms with Crippen LogP contribution in [0.4, 0.5) is 0 Å². The first-order valence-corrected chi connectivity index (χ1v) is 6.42. The molecule has 0 radical (unpaired) electrons. The monoisotopic (exact) mass is 178 g/mol. The van der Waals surface area contributed by atoms with E-state index in [0.29, 0.717) is 0 Å². The molecule has 0 aromatic carbocycles. The predicted molar refractivity (Wildman–Crippen MR) is 55.5 cm³/mol. The van der Waals surface area contributed by atoms with Gasteiger partial charge in [0.1, 0.15) is 0 Å². The maximum Gasteiger partial charge on any atom is -0.0383 e. The molecule has 13 heavy (non-hydrogen) atoms. The van der Waals surface area contributed by atoms with Gasteiger partial charge in [-0.2, -0.15) is 0 Å². The summed E-state index contributed by atoms with van der Waals surface area (Å²) < 4.78 is 0. The van der Waals surface area contributed by atoms with Crippen LogP contribution in [0.5, 0.6) is 0 Å². The third kappa shape index (κ3) is 1.53. The number of fused-ring (bicyclic) bond motifs is 4. The van der Waals surface area contributed by atoms with Crippen LogP contribution >= 0.6 is 0 Å². The molecule has 3 fully saturated rings. The molecular formula is C13H22. The van der Waals surface area contributed by atoms with Crippen LogP contribution < -0.4 is 0 Å². The molecule has 3 saturated carbocycles. The molecule has 0 saturated heterocycles. The Labute approximate surface area is 82.1 Å². The Kier molecular flexibility index (Phi) is 2.11. The molecule has 3 aliphatic rings. The summed E-state index contributed by atoms with van der Waals surface area (Å²) >= 11 is 0. The number of hydrogen-bond acceptors (Lipinski definition) is 0. The first-order chi connectivity index (χ1) is 6.42. The Morgan fingerprint density at radius 3 is 1.77 bits per heavy atom. The van der Waals surface area contributed by atoms with Crippen LogP contribution in [0.15, 0.2) is 0 Å². The van der Waals surface area contributed by atoms with E-state index >= 15 is 0 Å². The van der Waals surface area contributed by atoms with Crippen molar-refractivity contribution in [2.24, 2.45) is 23.7 Å². The molecule has 3 rings (SSSR count). The molecule has 4 atom stereocenters. The van der Waals surface area contributed by atoms with Crippen molar-refractivity contribution in [3.63, 3.8) is 0 Å². The van der Waals surface area contributed by atoms with Crippen molar-refractivity contribution in [3.05, 3.63) is 0 Å². The largest absolute Gasteiger partial charge is 0.0528 e. The summed E-state index contributed by atoms with van der Waals surface area (Å²) in [4.78, 5) is 0. The lowest BCUT2D eigenvalue weighted by atomic mass is 9.83. The Morgan fingerprint density at radius 1 is 0.538 bits per heavy atom. The molecule has 0 heteroatoms. The molecule has 3 aliphatic carbocycles. The molecule has 2 unspecified atom stereocenters. The molecule has 0 aromatic rings. The van der Waals surface area contributed by atoms with Crippen LogP contribution in [0.25, 0.3) is 0 Å². The van der Waals surface area contributed by atoms with Gasteiger partial charge in [0.25, 0.3) is 0 Å². The van der Waals surface area contributed by atoms with E-state index < -0.39 is 0 Å². The average Bonchev–Trinajstić information content (AvgIpc) is 2.43. The fourth-order valence-electron chi connectivity index (χ4n) is 4.43. The summed E-state index contributed by atoms with van der Waals surface area (Å²) in [6.07, 6.45) is 14.2. The minimum Gasteiger partial charge on any atom is -0.0528 e. The van der Waals surface area contributed by atoms with Gasteiger partial charge in [-0.05, 0) is 42.9 Å². The van der Waals surface area contributed by atoms with Crippen LogP contribution in [0.1, 0.15) is 57.8 Å². The van der Waals surface area contributed by atoms with Crippen LogP contribution in [0.3, 0.4) is 0 Å². The maximum absolute atomic E-state index is 1.61. The van der Waals surface area contributed by atoms with Crippen molar-refractivity contribution >= 4 is 0 Å². The van der Waals surface area contributed by atoms with E-state index in [1.807, 2.05) is 0 Å². The van der Waals surface area contributed by atoms with Gasteiger partial charge in [0, 0.05) is 0 Å². The van der Waals surface area contributed by atoms with Crippen LogP contribution in [0, 0.1) is 23.7 Å². The number of hydrogen-bond donors (Lipinski definition) is 0. The van der Waals surface area contributed by atoms with E-state index in [4.69, 9.17) is 0 Å². The second-order valence-corrected chi connectivity index (χ2v) is 5.82. The Bertz CT molecular complexity index is 166. The lowest BCUT2D eigenvalue weighted by molar-refractivity contribution is 0.290. The average molecular weight is 178 g/mol. The van der Waals surface area contributed by atoms with Gasteiger partial charge >= 0.3 is 0 Å². The first-order valence-electron chi connectivity index (χ1n) is 6.42. The molecule has 0 aromatic heterocycles. The second-order valence-electron chi connectivity index (χ2n) is 5.82. The van der Waals surface area contributed by atoms with Crippen LogP contribution in [-0.2, 0) is 0 Å². The van der Waals surface area contributed by atoms with Gasteiger partial charge in [0.15, 0.2) is 0 Å². The van der Waals surface area contributed by atoms with E-state index in [9.17, 15) is 0 Å². The molecular weight excluding hydrogens is 156 g/mol. The molecule has 0 nitrogen and oxygen atoms in total. The standard InChI is InChI=1S/C13H22/c1-3-10-4-2-6-13-9-11(7-10)8-12(13)5-1/h10-13H,1-9H2/t10?,11?,12-,13+. The normalized spacial score (nSPS) is 49.8. The molecule has 0 N–H and O–H groups in total. The van der Waals surface area contributed by atoms with E-state index in [-0.39, 0.29) is 0 Å². The highest BCUT2D eigenvalue weighted by Gasteiger charge is 2.37. The second kappa shape index (κ2) is 3.29. The summed E-state index contributed by atoms with van der Waals surface area (Å²) in [5.74, 6) is 4.60. The molecule has 0 amide bonds. The van der Waals surface area contributed by atoms with E-state index in [2.05, 4.69) is 0 Å². The zero-order valence-corrected chi connectivity index (χ0v) is 8.67. The smallest absolute Gasteiger partial charge is 0.0383 e. The molecule has 0 aliphatic heterocycles. The third-order valence-corrected chi connectivity index (χ3v) is 4.98. The highest BCUT2D eigenvalue weighted by molar-refractivity contribution is 4.88. The van der Waals surface area contributed by atoms with Gasteiger partial charge in [-0.1, -0.05) is 38.5 Å². The zero-order valence-electron chi connectivity index (χ0n) is 8.67. The minimum atomic E-state index is 1.13.